The molecule has 0 saturated heterocycles. The quantitative estimate of drug-likeness (QED) is 0.728. The van der Waals surface area contributed by atoms with Crippen molar-refractivity contribution in [3.05, 3.63) is 10.9 Å². The first-order valence-corrected chi connectivity index (χ1v) is 3.37. The Morgan fingerprint density at radius 2 is 2.45 bits per heavy atom. The molecule has 1 aromatic heterocycles. The van der Waals surface area contributed by atoms with Gasteiger partial charge in [0.05, 0.1) is 6.42 Å². The van der Waals surface area contributed by atoms with E-state index < -0.39 is 0 Å². The molecule has 0 aliphatic heterocycles. The van der Waals surface area contributed by atoms with Gasteiger partial charge in [-0.2, -0.15) is 4.98 Å². The van der Waals surface area contributed by atoms with Gasteiger partial charge in [0.2, 0.25) is 0 Å². The summed E-state index contributed by atoms with van der Waals surface area (Å²) in [5.74, 6) is 0.291. The highest BCUT2D eigenvalue weighted by Crippen LogP contribution is 2.18. The number of nitrogens with two attached hydrogens (primary N) is 1. The highest BCUT2D eigenvalue weighted by molar-refractivity contribution is 6.30. The molecule has 0 atom stereocenters. The lowest BCUT2D eigenvalue weighted by molar-refractivity contribution is -0.116. The molecule has 0 radical (unpaired) electrons. The Bertz CT molecular complexity index is 282. The number of aromatic nitrogens is 1. The lowest BCUT2D eigenvalue weighted by atomic mass is 10.3. The zero-order valence-corrected chi connectivity index (χ0v) is 6.68. The normalized spacial score (nSPS) is 10.0. The first-order valence-electron chi connectivity index (χ1n) is 2.99. The molecule has 4 nitrogen and oxygen atoms in total. The number of carbonyl (C=O) groups excluding carboxylic acids is 1. The van der Waals surface area contributed by atoms with E-state index in [1.54, 1.807) is 0 Å². The van der Waals surface area contributed by atoms with Gasteiger partial charge in [-0.05, 0) is 6.92 Å². The van der Waals surface area contributed by atoms with E-state index in [2.05, 4.69) is 4.98 Å². The van der Waals surface area contributed by atoms with Crippen LogP contribution in [0.1, 0.15) is 12.7 Å². The van der Waals surface area contributed by atoms with Crippen LogP contribution < -0.4 is 5.73 Å². The van der Waals surface area contributed by atoms with Gasteiger partial charge < -0.3 is 10.2 Å². The van der Waals surface area contributed by atoms with E-state index in [4.69, 9.17) is 21.8 Å². The average molecular weight is 175 g/mol. The van der Waals surface area contributed by atoms with Crippen LogP contribution in [0.2, 0.25) is 5.15 Å². The molecule has 0 saturated carbocycles. The van der Waals surface area contributed by atoms with Gasteiger partial charge >= 0.3 is 0 Å². The number of carbonyl (C=O) groups is 1. The Hall–Kier alpha value is -1.03. The molecule has 0 amide bonds. The molecule has 0 aromatic carbocycles. The van der Waals surface area contributed by atoms with Crippen molar-refractivity contribution in [1.82, 2.24) is 4.98 Å². The number of ketones is 1. The maximum atomic E-state index is 10.6. The van der Waals surface area contributed by atoms with E-state index in [1.807, 2.05) is 0 Å². The summed E-state index contributed by atoms with van der Waals surface area (Å²) >= 11 is 5.55. The fraction of sp³-hybridized carbons (Fsp3) is 0.333. The maximum absolute atomic E-state index is 10.6. The summed E-state index contributed by atoms with van der Waals surface area (Å²) in [5.41, 5.74) is 5.18. The largest absolute Gasteiger partial charge is 0.427 e. The standard InChI is InChI=1S/C6H7ClN2O2/c1-3(10)2-4-5(7)9-6(8)11-4/h2H2,1H3,(H2,8,9). The van der Waals surface area contributed by atoms with Crippen LogP contribution in [0.5, 0.6) is 0 Å². The third-order valence-corrected chi connectivity index (χ3v) is 1.37. The summed E-state index contributed by atoms with van der Waals surface area (Å²) in [6.45, 7) is 1.44. The van der Waals surface area contributed by atoms with Gasteiger partial charge in [-0.25, -0.2) is 0 Å². The number of halogens is 1. The minimum Gasteiger partial charge on any atom is -0.427 e. The molecule has 0 spiro atoms. The molecule has 1 rings (SSSR count). The predicted octanol–water partition coefficient (Wildman–Crippen LogP) is 1.04. The number of nitrogen functional groups attached to an aromatic ring is 1. The van der Waals surface area contributed by atoms with Crippen LogP contribution in [-0.2, 0) is 11.2 Å². The molecule has 5 heteroatoms. The number of hydrogen-bond acceptors (Lipinski definition) is 4. The van der Waals surface area contributed by atoms with Crippen molar-refractivity contribution in [1.29, 1.82) is 0 Å². The fourth-order valence-electron chi connectivity index (χ4n) is 0.685. The SMILES string of the molecule is CC(=O)Cc1oc(N)nc1Cl. The predicted molar refractivity (Wildman–Crippen MR) is 40.3 cm³/mol. The Balaban J connectivity index is 2.85. The highest BCUT2D eigenvalue weighted by Gasteiger charge is 2.10. The van der Waals surface area contributed by atoms with Gasteiger partial charge in [-0.15, -0.1) is 0 Å². The molecule has 0 fully saturated rings. The van der Waals surface area contributed by atoms with E-state index in [-0.39, 0.29) is 23.4 Å². The van der Waals surface area contributed by atoms with Crippen molar-refractivity contribution < 1.29 is 9.21 Å². The average Bonchev–Trinajstić information content (AvgIpc) is 2.09. The lowest BCUT2D eigenvalue weighted by Gasteiger charge is -1.88. The smallest absolute Gasteiger partial charge is 0.293 e. The number of anilines is 1. The van der Waals surface area contributed by atoms with Crippen molar-refractivity contribution in [2.24, 2.45) is 0 Å². The van der Waals surface area contributed by atoms with Gasteiger partial charge in [0.1, 0.15) is 5.78 Å². The van der Waals surface area contributed by atoms with E-state index >= 15 is 0 Å². The van der Waals surface area contributed by atoms with Gasteiger partial charge in [0, 0.05) is 0 Å². The number of oxazole rings is 1. The molecule has 0 aliphatic carbocycles. The third kappa shape index (κ3) is 1.94. The van der Waals surface area contributed by atoms with Crippen LogP contribution in [0.4, 0.5) is 6.01 Å². The Kier molecular flexibility index (Phi) is 2.14. The van der Waals surface area contributed by atoms with E-state index in [9.17, 15) is 4.79 Å². The first-order chi connectivity index (χ1) is 5.09. The van der Waals surface area contributed by atoms with Crippen LogP contribution >= 0.6 is 11.6 Å². The molecule has 1 aromatic rings. The monoisotopic (exact) mass is 174 g/mol. The van der Waals surface area contributed by atoms with E-state index in [0.717, 1.165) is 0 Å². The fourth-order valence-corrected chi connectivity index (χ4v) is 0.874. The summed E-state index contributed by atoms with van der Waals surface area (Å²) < 4.78 is 4.84. The van der Waals surface area contributed by atoms with Crippen molar-refractivity contribution in [3.63, 3.8) is 0 Å². The highest BCUT2D eigenvalue weighted by atomic mass is 35.5. The minimum absolute atomic E-state index is 0.00810. The molecule has 0 aliphatic rings. The Morgan fingerprint density at radius 1 is 1.82 bits per heavy atom. The molecule has 11 heavy (non-hydrogen) atoms. The molecule has 0 unspecified atom stereocenters. The minimum atomic E-state index is -0.0388. The number of rotatable bonds is 2. The molecule has 1 heterocycles. The maximum Gasteiger partial charge on any atom is 0.293 e. The van der Waals surface area contributed by atoms with Crippen LogP contribution in [0, 0.1) is 0 Å². The van der Waals surface area contributed by atoms with Gasteiger partial charge in [0.25, 0.3) is 6.01 Å². The van der Waals surface area contributed by atoms with E-state index in [1.165, 1.54) is 6.92 Å². The van der Waals surface area contributed by atoms with Gasteiger partial charge in [0.15, 0.2) is 10.9 Å². The second-order valence-electron chi connectivity index (χ2n) is 2.14. The van der Waals surface area contributed by atoms with Gasteiger partial charge in [-0.1, -0.05) is 11.6 Å². The molecular formula is C6H7ClN2O2. The van der Waals surface area contributed by atoms with Gasteiger partial charge in [-0.3, -0.25) is 4.79 Å². The molecule has 60 valence electrons. The van der Waals surface area contributed by atoms with Crippen LogP contribution in [0.3, 0.4) is 0 Å². The summed E-state index contributed by atoms with van der Waals surface area (Å²) in [6.07, 6.45) is 0.142. The third-order valence-electron chi connectivity index (χ3n) is 1.08. The number of nitrogens with zero attached hydrogens (tertiary/aromatic N) is 1. The van der Waals surface area contributed by atoms with Crippen LogP contribution in [-0.4, -0.2) is 10.8 Å². The zero-order chi connectivity index (χ0) is 8.43. The lowest BCUT2D eigenvalue weighted by Crippen LogP contribution is -1.94. The summed E-state index contributed by atoms with van der Waals surface area (Å²) in [6, 6.07) is -0.00810. The van der Waals surface area contributed by atoms with E-state index in [0.29, 0.717) is 5.76 Å². The van der Waals surface area contributed by atoms with Crippen molar-refractivity contribution in [3.8, 4) is 0 Å². The molecule has 2 N–H and O–H groups in total. The number of hydrogen-bond donors (Lipinski definition) is 1. The van der Waals surface area contributed by atoms with Crippen molar-refractivity contribution in [2.45, 2.75) is 13.3 Å². The zero-order valence-electron chi connectivity index (χ0n) is 5.93. The number of Topliss-reactive ketones (excluding diaryl/α,β-unsaturated/α-hetero) is 1. The van der Waals surface area contributed by atoms with Crippen LogP contribution in [0.15, 0.2) is 4.42 Å². The molecule has 0 bridgehead atoms. The summed E-state index contributed by atoms with van der Waals surface area (Å²) in [7, 11) is 0. The Morgan fingerprint density at radius 3 is 2.82 bits per heavy atom. The topological polar surface area (TPSA) is 69.1 Å². The summed E-state index contributed by atoms with van der Waals surface area (Å²) in [5, 5.41) is 0.165. The van der Waals surface area contributed by atoms with Crippen molar-refractivity contribution in [2.75, 3.05) is 5.73 Å². The second kappa shape index (κ2) is 2.92. The summed E-state index contributed by atoms with van der Waals surface area (Å²) in [4.78, 5) is 14.2. The van der Waals surface area contributed by atoms with Crippen LogP contribution in [0.25, 0.3) is 0 Å². The second-order valence-corrected chi connectivity index (χ2v) is 2.50. The first kappa shape index (κ1) is 8.07. The molecular weight excluding hydrogens is 168 g/mol. The van der Waals surface area contributed by atoms with Crippen molar-refractivity contribution >= 4 is 23.4 Å². The Labute approximate surface area is 68.3 Å².